The second kappa shape index (κ2) is 7.36. The van der Waals surface area contributed by atoms with E-state index in [1.807, 2.05) is 11.8 Å². The summed E-state index contributed by atoms with van der Waals surface area (Å²) in [6.45, 7) is 5.28. The standard InChI is InChI=1S/C19H23N5O2S/c1-14-22-16(13-27-14)12-24-11-8-21-18(26)19(24)4-9-23(10-5-19)17(25)15-2-6-20-7-3-15/h2-3,6-7,13H,4-5,8-12H2,1H3,(H,21,26). The third kappa shape index (κ3) is 3.46. The Hall–Kier alpha value is -2.32. The van der Waals surface area contributed by atoms with Crippen molar-refractivity contribution >= 4 is 23.2 Å². The monoisotopic (exact) mass is 385 g/mol. The fraction of sp³-hybridized carbons (Fsp3) is 0.474. The zero-order valence-corrected chi connectivity index (χ0v) is 16.2. The van der Waals surface area contributed by atoms with Crippen molar-refractivity contribution in [3.8, 4) is 0 Å². The molecule has 0 unspecified atom stereocenters. The van der Waals surface area contributed by atoms with E-state index in [0.29, 0.717) is 44.6 Å². The fourth-order valence-corrected chi connectivity index (χ4v) is 4.64. The molecule has 2 aromatic heterocycles. The highest BCUT2D eigenvalue weighted by Crippen LogP contribution is 2.33. The third-order valence-electron chi connectivity index (χ3n) is 5.52. The van der Waals surface area contributed by atoms with Gasteiger partial charge in [-0.25, -0.2) is 4.98 Å². The summed E-state index contributed by atoms with van der Waals surface area (Å²) in [5.41, 5.74) is 1.11. The predicted molar refractivity (Wildman–Crippen MR) is 102 cm³/mol. The van der Waals surface area contributed by atoms with Crippen molar-refractivity contribution in [3.05, 3.63) is 46.2 Å². The third-order valence-corrected chi connectivity index (χ3v) is 6.34. The number of carbonyl (C=O) groups is 2. The molecule has 2 aromatic rings. The van der Waals surface area contributed by atoms with Crippen molar-refractivity contribution in [1.82, 2.24) is 25.1 Å². The number of carbonyl (C=O) groups excluding carboxylic acids is 2. The topological polar surface area (TPSA) is 78.4 Å². The molecule has 27 heavy (non-hydrogen) atoms. The van der Waals surface area contributed by atoms with Gasteiger partial charge in [-0.1, -0.05) is 0 Å². The minimum absolute atomic E-state index is 0.00476. The zero-order chi connectivity index (χ0) is 18.9. The summed E-state index contributed by atoms with van der Waals surface area (Å²) in [4.78, 5) is 38.2. The first-order valence-corrected chi connectivity index (χ1v) is 10.1. The number of thiazole rings is 1. The smallest absolute Gasteiger partial charge is 0.253 e. The van der Waals surface area contributed by atoms with Gasteiger partial charge in [0.15, 0.2) is 0 Å². The molecule has 7 nitrogen and oxygen atoms in total. The molecule has 2 amide bonds. The molecule has 4 rings (SSSR count). The van der Waals surface area contributed by atoms with Gasteiger partial charge in [-0.2, -0.15) is 0 Å². The minimum Gasteiger partial charge on any atom is -0.353 e. The summed E-state index contributed by atoms with van der Waals surface area (Å²) in [6, 6.07) is 3.47. The molecule has 0 saturated carbocycles. The van der Waals surface area contributed by atoms with E-state index in [1.165, 1.54) is 0 Å². The van der Waals surface area contributed by atoms with E-state index in [0.717, 1.165) is 17.2 Å². The van der Waals surface area contributed by atoms with Crippen LogP contribution in [0.25, 0.3) is 0 Å². The largest absolute Gasteiger partial charge is 0.353 e. The lowest BCUT2D eigenvalue weighted by Gasteiger charge is -2.49. The van der Waals surface area contributed by atoms with E-state index < -0.39 is 5.54 Å². The van der Waals surface area contributed by atoms with Gasteiger partial charge in [0.1, 0.15) is 5.54 Å². The van der Waals surface area contributed by atoms with Crippen LogP contribution in [-0.2, 0) is 11.3 Å². The van der Waals surface area contributed by atoms with Crippen LogP contribution in [0.3, 0.4) is 0 Å². The van der Waals surface area contributed by atoms with E-state index in [4.69, 9.17) is 0 Å². The van der Waals surface area contributed by atoms with Gasteiger partial charge in [0.2, 0.25) is 5.91 Å². The average molecular weight is 385 g/mol. The molecule has 4 heterocycles. The molecule has 0 atom stereocenters. The number of hydrogen-bond acceptors (Lipinski definition) is 6. The summed E-state index contributed by atoms with van der Waals surface area (Å²) in [5.74, 6) is 0.0851. The zero-order valence-electron chi connectivity index (χ0n) is 15.4. The van der Waals surface area contributed by atoms with Gasteiger partial charge >= 0.3 is 0 Å². The number of nitrogens with zero attached hydrogens (tertiary/aromatic N) is 4. The van der Waals surface area contributed by atoms with E-state index in [9.17, 15) is 9.59 Å². The Kier molecular flexibility index (Phi) is 4.92. The quantitative estimate of drug-likeness (QED) is 0.865. The summed E-state index contributed by atoms with van der Waals surface area (Å²) >= 11 is 1.63. The van der Waals surface area contributed by atoms with E-state index in [-0.39, 0.29) is 11.8 Å². The van der Waals surface area contributed by atoms with Crippen molar-refractivity contribution < 1.29 is 9.59 Å². The van der Waals surface area contributed by atoms with Crippen LogP contribution in [-0.4, -0.2) is 63.3 Å². The van der Waals surface area contributed by atoms with Crippen LogP contribution in [0.4, 0.5) is 0 Å². The van der Waals surface area contributed by atoms with Gasteiger partial charge in [0, 0.05) is 56.1 Å². The maximum absolute atomic E-state index is 12.8. The number of likely N-dealkylation sites (tertiary alicyclic amines) is 1. The minimum atomic E-state index is -0.551. The molecule has 0 bridgehead atoms. The molecule has 0 radical (unpaired) electrons. The first kappa shape index (κ1) is 18.1. The van der Waals surface area contributed by atoms with Crippen molar-refractivity contribution in [2.75, 3.05) is 26.2 Å². The fourth-order valence-electron chi connectivity index (χ4n) is 4.03. The SMILES string of the molecule is Cc1nc(CN2CCNC(=O)C23CCN(C(=O)c2ccncc2)CC3)cs1. The van der Waals surface area contributed by atoms with Crippen LogP contribution in [0.15, 0.2) is 29.9 Å². The van der Waals surface area contributed by atoms with Gasteiger partial charge in [-0.15, -0.1) is 11.3 Å². The van der Waals surface area contributed by atoms with Gasteiger partial charge < -0.3 is 10.2 Å². The number of amides is 2. The van der Waals surface area contributed by atoms with Crippen molar-refractivity contribution in [1.29, 1.82) is 0 Å². The molecular weight excluding hydrogens is 362 g/mol. The summed E-state index contributed by atoms with van der Waals surface area (Å²) in [7, 11) is 0. The highest BCUT2D eigenvalue weighted by molar-refractivity contribution is 7.09. The lowest BCUT2D eigenvalue weighted by Crippen LogP contribution is -2.67. The number of piperazine rings is 1. The number of pyridine rings is 1. The highest BCUT2D eigenvalue weighted by atomic mass is 32.1. The summed E-state index contributed by atoms with van der Waals surface area (Å²) in [6.07, 6.45) is 4.53. The molecule has 2 aliphatic heterocycles. The predicted octanol–water partition coefficient (Wildman–Crippen LogP) is 1.45. The molecule has 1 N–H and O–H groups in total. The van der Waals surface area contributed by atoms with Gasteiger partial charge in [-0.3, -0.25) is 19.5 Å². The number of nitrogens with one attached hydrogen (secondary N) is 1. The van der Waals surface area contributed by atoms with Crippen molar-refractivity contribution in [3.63, 3.8) is 0 Å². The molecule has 142 valence electrons. The second-order valence-electron chi connectivity index (χ2n) is 7.09. The Labute approximate surface area is 162 Å². The first-order chi connectivity index (χ1) is 13.1. The van der Waals surface area contributed by atoms with Crippen LogP contribution < -0.4 is 5.32 Å². The summed E-state index contributed by atoms with van der Waals surface area (Å²) < 4.78 is 0. The molecular formula is C19H23N5O2S. The average Bonchev–Trinajstić information content (AvgIpc) is 3.11. The molecule has 1 spiro atoms. The molecule has 2 aliphatic rings. The molecule has 8 heteroatoms. The lowest BCUT2D eigenvalue weighted by molar-refractivity contribution is -0.141. The van der Waals surface area contributed by atoms with Gasteiger partial charge in [-0.05, 0) is 31.9 Å². The number of piperidine rings is 1. The number of aromatic nitrogens is 2. The summed E-state index contributed by atoms with van der Waals surface area (Å²) in [5, 5.41) is 6.14. The highest BCUT2D eigenvalue weighted by Gasteiger charge is 2.48. The molecule has 0 aromatic carbocycles. The number of hydrogen-bond donors (Lipinski definition) is 1. The first-order valence-electron chi connectivity index (χ1n) is 9.22. The Balaban J connectivity index is 1.49. The number of rotatable bonds is 3. The van der Waals surface area contributed by atoms with E-state index in [1.54, 1.807) is 35.9 Å². The Morgan fingerprint density at radius 2 is 2.00 bits per heavy atom. The Morgan fingerprint density at radius 3 is 2.67 bits per heavy atom. The van der Waals surface area contributed by atoms with Gasteiger partial charge in [0.05, 0.1) is 10.7 Å². The molecule has 2 saturated heterocycles. The normalized spacial score (nSPS) is 19.9. The molecule has 2 fully saturated rings. The van der Waals surface area contributed by atoms with E-state index >= 15 is 0 Å². The van der Waals surface area contributed by atoms with Crippen LogP contribution in [0.2, 0.25) is 0 Å². The van der Waals surface area contributed by atoms with Crippen LogP contribution in [0.5, 0.6) is 0 Å². The Morgan fingerprint density at radius 1 is 1.26 bits per heavy atom. The van der Waals surface area contributed by atoms with Crippen molar-refractivity contribution in [2.24, 2.45) is 0 Å². The van der Waals surface area contributed by atoms with E-state index in [2.05, 4.69) is 25.6 Å². The van der Waals surface area contributed by atoms with Gasteiger partial charge in [0.25, 0.3) is 5.91 Å². The lowest BCUT2D eigenvalue weighted by atomic mass is 9.82. The maximum atomic E-state index is 12.8. The molecule has 0 aliphatic carbocycles. The van der Waals surface area contributed by atoms with Crippen LogP contribution in [0, 0.1) is 6.92 Å². The maximum Gasteiger partial charge on any atom is 0.253 e. The number of aryl methyl sites for hydroxylation is 1. The Bertz CT molecular complexity index is 830. The van der Waals surface area contributed by atoms with Crippen LogP contribution in [0.1, 0.15) is 33.9 Å². The second-order valence-corrected chi connectivity index (χ2v) is 8.16. The van der Waals surface area contributed by atoms with Crippen molar-refractivity contribution in [2.45, 2.75) is 31.8 Å². The van der Waals surface area contributed by atoms with Crippen LogP contribution >= 0.6 is 11.3 Å².